The number of hydrogen-bond donors (Lipinski definition) is 2. The Morgan fingerprint density at radius 2 is 1.88 bits per heavy atom. The van der Waals surface area contributed by atoms with E-state index in [0.717, 1.165) is 16.6 Å². The van der Waals surface area contributed by atoms with Crippen molar-refractivity contribution in [3.05, 3.63) is 75.7 Å². The monoisotopic (exact) mass is 334 g/mol. The van der Waals surface area contributed by atoms with Crippen LogP contribution < -0.4 is 11.3 Å². The zero-order valence-electron chi connectivity index (χ0n) is 13.6. The average molecular weight is 334 g/mol. The lowest BCUT2D eigenvalue weighted by Crippen LogP contribution is -2.48. The summed E-state index contributed by atoms with van der Waals surface area (Å²) < 4.78 is 0. The van der Waals surface area contributed by atoms with Gasteiger partial charge in [0, 0.05) is 13.1 Å². The molecule has 2 heterocycles. The number of benzene rings is 2. The molecule has 1 atom stereocenters. The minimum atomic E-state index is -0.442. The van der Waals surface area contributed by atoms with Gasteiger partial charge in [0.25, 0.3) is 5.56 Å². The summed E-state index contributed by atoms with van der Waals surface area (Å²) in [5, 5.41) is 0. The first-order chi connectivity index (χ1) is 12.1. The predicted octanol–water partition coefficient (Wildman–Crippen LogP) is 1.34. The molecule has 0 bridgehead atoms. The van der Waals surface area contributed by atoms with Gasteiger partial charge >= 0.3 is 0 Å². The van der Waals surface area contributed by atoms with Crippen molar-refractivity contribution in [2.24, 2.45) is 5.73 Å². The van der Waals surface area contributed by atoms with E-state index >= 15 is 0 Å². The van der Waals surface area contributed by atoms with Crippen LogP contribution in [0, 0.1) is 0 Å². The minimum Gasteiger partial charge on any atom is -0.368 e. The third-order valence-electron chi connectivity index (χ3n) is 4.70. The highest BCUT2D eigenvalue weighted by molar-refractivity contribution is 5.80. The second-order valence-corrected chi connectivity index (χ2v) is 6.33. The van der Waals surface area contributed by atoms with Crippen molar-refractivity contribution in [3.8, 4) is 0 Å². The second kappa shape index (κ2) is 6.14. The Hall–Kier alpha value is -2.99. The van der Waals surface area contributed by atoms with Gasteiger partial charge in [0.1, 0.15) is 5.69 Å². The molecule has 2 aromatic carbocycles. The standard InChI is InChI=1S/C19H18N4O2/c20-18(24)17-9-12-5-1-2-6-13(12)10-23(17)11-16-19(25)22-15-8-4-3-7-14(15)21-16/h1-8,17H,9-11H2,(H2,20,24)(H,22,25)/t17-/m0/s1. The molecule has 1 amide bonds. The lowest BCUT2D eigenvalue weighted by molar-refractivity contribution is -0.124. The Morgan fingerprint density at radius 1 is 1.16 bits per heavy atom. The molecular formula is C19H18N4O2. The van der Waals surface area contributed by atoms with Crippen molar-refractivity contribution >= 4 is 16.9 Å². The van der Waals surface area contributed by atoms with Crippen LogP contribution in [0.4, 0.5) is 0 Å². The first kappa shape index (κ1) is 15.5. The Kier molecular flexibility index (Phi) is 3.82. The van der Waals surface area contributed by atoms with Crippen LogP contribution in [-0.4, -0.2) is 26.8 Å². The number of carbonyl (C=O) groups excluding carboxylic acids is 1. The first-order valence-corrected chi connectivity index (χ1v) is 8.20. The van der Waals surface area contributed by atoms with E-state index in [9.17, 15) is 9.59 Å². The van der Waals surface area contributed by atoms with E-state index in [1.54, 1.807) is 0 Å². The molecule has 126 valence electrons. The number of nitrogens with two attached hydrogens (primary N) is 1. The molecule has 1 aromatic heterocycles. The van der Waals surface area contributed by atoms with Gasteiger partial charge in [0.05, 0.1) is 17.1 Å². The topological polar surface area (TPSA) is 92.1 Å². The maximum absolute atomic E-state index is 12.4. The molecule has 1 aliphatic rings. The van der Waals surface area contributed by atoms with Crippen molar-refractivity contribution in [1.82, 2.24) is 14.9 Å². The Labute approximate surface area is 144 Å². The highest BCUT2D eigenvalue weighted by atomic mass is 16.1. The molecule has 0 radical (unpaired) electrons. The van der Waals surface area contributed by atoms with Crippen LogP contribution in [0.2, 0.25) is 0 Å². The van der Waals surface area contributed by atoms with Gasteiger partial charge in [-0.1, -0.05) is 36.4 Å². The number of aromatic nitrogens is 2. The predicted molar refractivity (Wildman–Crippen MR) is 94.7 cm³/mol. The zero-order valence-corrected chi connectivity index (χ0v) is 13.6. The quantitative estimate of drug-likeness (QED) is 0.756. The van der Waals surface area contributed by atoms with Crippen molar-refractivity contribution in [2.75, 3.05) is 0 Å². The second-order valence-electron chi connectivity index (χ2n) is 6.33. The first-order valence-electron chi connectivity index (χ1n) is 8.20. The number of rotatable bonds is 3. The van der Waals surface area contributed by atoms with Gasteiger partial charge in [0.15, 0.2) is 0 Å². The molecule has 1 aliphatic heterocycles. The SMILES string of the molecule is NC(=O)[C@@H]1Cc2ccccc2CN1Cc1nc2ccccc2[nH]c1=O. The number of H-pyrrole nitrogens is 1. The van der Waals surface area contributed by atoms with Crippen LogP contribution >= 0.6 is 0 Å². The van der Waals surface area contributed by atoms with Gasteiger partial charge in [-0.25, -0.2) is 4.98 Å². The van der Waals surface area contributed by atoms with E-state index in [0.29, 0.717) is 24.2 Å². The fourth-order valence-electron chi connectivity index (χ4n) is 3.39. The van der Waals surface area contributed by atoms with Gasteiger partial charge in [-0.3, -0.25) is 14.5 Å². The number of aromatic amines is 1. The van der Waals surface area contributed by atoms with Gasteiger partial charge in [-0.05, 0) is 29.7 Å². The summed E-state index contributed by atoms with van der Waals surface area (Å²) in [5.74, 6) is -0.383. The summed E-state index contributed by atoms with van der Waals surface area (Å²) in [4.78, 5) is 33.6. The van der Waals surface area contributed by atoms with E-state index in [4.69, 9.17) is 5.73 Å². The number of fused-ring (bicyclic) bond motifs is 2. The molecule has 0 aliphatic carbocycles. The Balaban J connectivity index is 1.70. The average Bonchev–Trinajstić information content (AvgIpc) is 2.61. The van der Waals surface area contributed by atoms with Crippen LogP contribution in [0.25, 0.3) is 11.0 Å². The largest absolute Gasteiger partial charge is 0.368 e. The Morgan fingerprint density at radius 3 is 2.68 bits per heavy atom. The lowest BCUT2D eigenvalue weighted by Gasteiger charge is -2.34. The third-order valence-corrected chi connectivity index (χ3v) is 4.70. The van der Waals surface area contributed by atoms with Crippen molar-refractivity contribution in [2.45, 2.75) is 25.6 Å². The highest BCUT2D eigenvalue weighted by Crippen LogP contribution is 2.24. The van der Waals surface area contributed by atoms with Gasteiger partial charge in [0.2, 0.25) is 5.91 Å². The summed E-state index contributed by atoms with van der Waals surface area (Å²) in [6, 6.07) is 14.9. The number of para-hydroxylation sites is 2. The molecule has 0 fully saturated rings. The molecule has 0 unspecified atom stereocenters. The number of hydrogen-bond acceptors (Lipinski definition) is 4. The van der Waals surface area contributed by atoms with Crippen LogP contribution in [0.3, 0.4) is 0 Å². The van der Waals surface area contributed by atoms with E-state index in [1.165, 1.54) is 0 Å². The molecule has 0 spiro atoms. The summed E-state index contributed by atoms with van der Waals surface area (Å²) in [5.41, 5.74) is 9.47. The maximum Gasteiger partial charge on any atom is 0.271 e. The van der Waals surface area contributed by atoms with E-state index in [-0.39, 0.29) is 18.0 Å². The minimum absolute atomic E-state index is 0.235. The molecule has 25 heavy (non-hydrogen) atoms. The summed E-state index contributed by atoms with van der Waals surface area (Å²) >= 11 is 0. The Bertz CT molecular complexity index is 1010. The van der Waals surface area contributed by atoms with E-state index < -0.39 is 6.04 Å². The number of nitrogens with one attached hydrogen (secondary N) is 1. The molecule has 4 rings (SSSR count). The maximum atomic E-state index is 12.4. The molecule has 6 heteroatoms. The van der Waals surface area contributed by atoms with Crippen molar-refractivity contribution in [3.63, 3.8) is 0 Å². The molecule has 3 aromatic rings. The fraction of sp³-hybridized carbons (Fsp3) is 0.211. The molecular weight excluding hydrogens is 316 g/mol. The fourth-order valence-corrected chi connectivity index (χ4v) is 3.39. The molecule has 0 saturated heterocycles. The van der Waals surface area contributed by atoms with E-state index in [1.807, 2.05) is 53.4 Å². The number of amides is 1. The number of nitrogens with zero attached hydrogens (tertiary/aromatic N) is 2. The van der Waals surface area contributed by atoms with Crippen LogP contribution in [0.15, 0.2) is 53.3 Å². The normalized spacial score (nSPS) is 17.4. The number of carbonyl (C=O) groups is 1. The third kappa shape index (κ3) is 2.92. The molecule has 0 saturated carbocycles. The molecule has 3 N–H and O–H groups in total. The van der Waals surface area contributed by atoms with Crippen molar-refractivity contribution < 1.29 is 4.79 Å². The van der Waals surface area contributed by atoms with Crippen molar-refractivity contribution in [1.29, 1.82) is 0 Å². The smallest absolute Gasteiger partial charge is 0.271 e. The zero-order chi connectivity index (χ0) is 17.4. The number of primary amides is 1. The summed E-state index contributed by atoms with van der Waals surface area (Å²) in [6.45, 7) is 0.847. The highest BCUT2D eigenvalue weighted by Gasteiger charge is 2.30. The van der Waals surface area contributed by atoms with Gasteiger partial charge in [-0.2, -0.15) is 0 Å². The van der Waals surface area contributed by atoms with Crippen LogP contribution in [0.1, 0.15) is 16.8 Å². The van der Waals surface area contributed by atoms with Gasteiger partial charge < -0.3 is 10.7 Å². The van der Waals surface area contributed by atoms with Crippen LogP contribution in [0.5, 0.6) is 0 Å². The van der Waals surface area contributed by atoms with Crippen LogP contribution in [-0.2, 0) is 24.3 Å². The lowest BCUT2D eigenvalue weighted by atomic mass is 9.93. The summed E-state index contributed by atoms with van der Waals surface area (Å²) in [7, 11) is 0. The molecule has 6 nitrogen and oxygen atoms in total. The van der Waals surface area contributed by atoms with Gasteiger partial charge in [-0.15, -0.1) is 0 Å². The summed E-state index contributed by atoms with van der Waals surface area (Å²) in [6.07, 6.45) is 0.553. The van der Waals surface area contributed by atoms with E-state index in [2.05, 4.69) is 9.97 Å².